The van der Waals surface area contributed by atoms with Crippen LogP contribution in [-0.4, -0.2) is 42.8 Å². The highest BCUT2D eigenvalue weighted by Gasteiger charge is 2.35. The van der Waals surface area contributed by atoms with Gasteiger partial charge in [0.2, 0.25) is 0 Å². The van der Waals surface area contributed by atoms with E-state index < -0.39 is 0 Å². The van der Waals surface area contributed by atoms with Crippen molar-refractivity contribution in [3.8, 4) is 0 Å². The molecule has 100 valence electrons. The number of ether oxygens (including phenoxy) is 1. The van der Waals surface area contributed by atoms with Gasteiger partial charge in [-0.05, 0) is 59.0 Å². The first-order valence-corrected chi connectivity index (χ1v) is 7.19. The fourth-order valence-electron chi connectivity index (χ4n) is 3.80. The summed E-state index contributed by atoms with van der Waals surface area (Å²) in [4.78, 5) is 2.61. The summed E-state index contributed by atoms with van der Waals surface area (Å²) in [7, 11) is 2.30. The topological polar surface area (TPSA) is 38.5 Å². The van der Waals surface area contributed by atoms with Crippen molar-refractivity contribution < 1.29 is 4.74 Å². The van der Waals surface area contributed by atoms with Gasteiger partial charge in [0.1, 0.15) is 0 Å². The Bertz CT molecular complexity index is 236. The first-order chi connectivity index (χ1) is 8.11. The molecule has 1 aliphatic heterocycles. The maximum Gasteiger partial charge on any atom is 0.0565 e. The molecule has 4 unspecified atom stereocenters. The van der Waals surface area contributed by atoms with Crippen LogP contribution in [0.15, 0.2) is 0 Å². The second-order valence-electron chi connectivity index (χ2n) is 6.04. The summed E-state index contributed by atoms with van der Waals surface area (Å²) in [5.74, 6) is 0.716. The summed E-state index contributed by atoms with van der Waals surface area (Å²) in [5.41, 5.74) is 5.89. The van der Waals surface area contributed by atoms with E-state index in [0.29, 0.717) is 30.2 Å². The van der Waals surface area contributed by atoms with E-state index in [0.717, 1.165) is 6.54 Å². The summed E-state index contributed by atoms with van der Waals surface area (Å²) in [6, 6.07) is 1.40. The molecule has 1 saturated heterocycles. The lowest BCUT2D eigenvalue weighted by Gasteiger charge is -2.41. The average Bonchev–Trinajstić information content (AvgIpc) is 2.74. The van der Waals surface area contributed by atoms with E-state index >= 15 is 0 Å². The monoisotopic (exact) mass is 240 g/mol. The van der Waals surface area contributed by atoms with Gasteiger partial charge in [0.15, 0.2) is 0 Å². The van der Waals surface area contributed by atoms with Crippen LogP contribution in [0.3, 0.4) is 0 Å². The number of hydrogen-bond donors (Lipinski definition) is 1. The van der Waals surface area contributed by atoms with E-state index in [1.165, 1.54) is 32.1 Å². The first-order valence-electron chi connectivity index (χ1n) is 7.19. The molecular weight excluding hydrogens is 212 g/mol. The van der Waals surface area contributed by atoms with Crippen molar-refractivity contribution in [2.24, 2.45) is 11.7 Å². The van der Waals surface area contributed by atoms with Crippen molar-refractivity contribution in [3.05, 3.63) is 0 Å². The molecule has 4 atom stereocenters. The summed E-state index contributed by atoms with van der Waals surface area (Å²) in [6.07, 6.45) is 7.17. The Morgan fingerprint density at radius 3 is 2.41 bits per heavy atom. The molecule has 2 fully saturated rings. The predicted octanol–water partition coefficient (Wildman–Crippen LogP) is 2.00. The molecule has 0 radical (unpaired) electrons. The number of rotatable bonds is 3. The molecule has 2 aliphatic rings. The molecule has 0 bridgehead atoms. The molecule has 3 nitrogen and oxygen atoms in total. The largest absolute Gasteiger partial charge is 0.375 e. The van der Waals surface area contributed by atoms with Gasteiger partial charge in [-0.2, -0.15) is 0 Å². The lowest BCUT2D eigenvalue weighted by Crippen LogP contribution is -2.48. The van der Waals surface area contributed by atoms with E-state index in [-0.39, 0.29) is 0 Å². The van der Waals surface area contributed by atoms with Crippen molar-refractivity contribution in [1.82, 2.24) is 4.90 Å². The maximum absolute atomic E-state index is 5.89. The molecule has 0 aromatic heterocycles. The molecule has 1 saturated carbocycles. The smallest absolute Gasteiger partial charge is 0.0565 e. The van der Waals surface area contributed by atoms with Gasteiger partial charge in [-0.15, -0.1) is 0 Å². The second kappa shape index (κ2) is 5.68. The summed E-state index contributed by atoms with van der Waals surface area (Å²) < 4.78 is 5.83. The average molecular weight is 240 g/mol. The van der Waals surface area contributed by atoms with Crippen LogP contribution in [-0.2, 0) is 4.74 Å². The Labute approximate surface area is 106 Å². The molecule has 0 amide bonds. The number of hydrogen-bond acceptors (Lipinski definition) is 3. The van der Waals surface area contributed by atoms with Crippen LogP contribution in [0.1, 0.15) is 46.0 Å². The predicted molar refractivity (Wildman–Crippen MR) is 71.0 cm³/mol. The zero-order valence-corrected chi connectivity index (χ0v) is 11.6. The molecular formula is C14H28N2O. The molecule has 0 aromatic rings. The van der Waals surface area contributed by atoms with Gasteiger partial charge in [-0.1, -0.05) is 6.42 Å². The molecule has 17 heavy (non-hydrogen) atoms. The zero-order valence-electron chi connectivity index (χ0n) is 11.6. The standard InChI is InChI=1S/C14H28N2O/c1-10-7-13(8-11(2)17-10)16(3)14-6-4-5-12(14)9-15/h10-14H,4-9,15H2,1-3H3. The molecule has 2 rings (SSSR count). The van der Waals surface area contributed by atoms with E-state index in [2.05, 4.69) is 25.8 Å². The fraction of sp³-hybridized carbons (Fsp3) is 1.00. The summed E-state index contributed by atoms with van der Waals surface area (Å²) >= 11 is 0. The van der Waals surface area contributed by atoms with E-state index in [1.807, 2.05) is 0 Å². The van der Waals surface area contributed by atoms with Gasteiger partial charge in [0.05, 0.1) is 12.2 Å². The normalized spacial score (nSPS) is 43.2. The highest BCUT2D eigenvalue weighted by Crippen LogP contribution is 2.33. The summed E-state index contributed by atoms with van der Waals surface area (Å²) in [5, 5.41) is 0. The number of nitrogens with zero attached hydrogens (tertiary/aromatic N) is 1. The third-order valence-corrected chi connectivity index (χ3v) is 4.69. The van der Waals surface area contributed by atoms with Crippen LogP contribution in [0.5, 0.6) is 0 Å². The Hall–Kier alpha value is -0.120. The zero-order chi connectivity index (χ0) is 12.4. The van der Waals surface area contributed by atoms with Gasteiger partial charge in [0.25, 0.3) is 0 Å². The lowest BCUT2D eigenvalue weighted by atomic mass is 9.94. The van der Waals surface area contributed by atoms with E-state index in [9.17, 15) is 0 Å². The molecule has 1 aliphatic carbocycles. The molecule has 3 heteroatoms. The third kappa shape index (κ3) is 3.01. The second-order valence-corrected chi connectivity index (χ2v) is 6.04. The van der Waals surface area contributed by atoms with Crippen molar-refractivity contribution in [1.29, 1.82) is 0 Å². The summed E-state index contributed by atoms with van der Waals surface area (Å²) in [6.45, 7) is 5.25. The van der Waals surface area contributed by atoms with Gasteiger partial charge < -0.3 is 10.5 Å². The minimum absolute atomic E-state index is 0.406. The maximum atomic E-state index is 5.89. The van der Waals surface area contributed by atoms with Gasteiger partial charge in [-0.25, -0.2) is 0 Å². The molecule has 0 aromatic carbocycles. The highest BCUT2D eigenvalue weighted by molar-refractivity contribution is 4.90. The van der Waals surface area contributed by atoms with Crippen molar-refractivity contribution in [3.63, 3.8) is 0 Å². The van der Waals surface area contributed by atoms with Gasteiger partial charge in [-0.3, -0.25) is 4.90 Å². The van der Waals surface area contributed by atoms with Crippen LogP contribution in [0, 0.1) is 5.92 Å². The molecule has 2 N–H and O–H groups in total. The lowest BCUT2D eigenvalue weighted by molar-refractivity contribution is -0.0693. The van der Waals surface area contributed by atoms with Crippen LogP contribution in [0.25, 0.3) is 0 Å². The van der Waals surface area contributed by atoms with Crippen LogP contribution in [0.4, 0.5) is 0 Å². The van der Waals surface area contributed by atoms with Crippen LogP contribution in [0.2, 0.25) is 0 Å². The van der Waals surface area contributed by atoms with Gasteiger partial charge in [0, 0.05) is 12.1 Å². The Kier molecular flexibility index (Phi) is 4.45. The van der Waals surface area contributed by atoms with Crippen molar-refractivity contribution in [2.75, 3.05) is 13.6 Å². The van der Waals surface area contributed by atoms with Crippen LogP contribution >= 0.6 is 0 Å². The van der Waals surface area contributed by atoms with Crippen LogP contribution < -0.4 is 5.73 Å². The fourth-order valence-corrected chi connectivity index (χ4v) is 3.80. The molecule has 1 heterocycles. The Balaban J connectivity index is 1.96. The first kappa shape index (κ1) is 13.3. The Morgan fingerprint density at radius 1 is 1.18 bits per heavy atom. The van der Waals surface area contributed by atoms with Gasteiger partial charge >= 0.3 is 0 Å². The Morgan fingerprint density at radius 2 is 1.82 bits per heavy atom. The minimum Gasteiger partial charge on any atom is -0.375 e. The van der Waals surface area contributed by atoms with Crippen molar-refractivity contribution >= 4 is 0 Å². The van der Waals surface area contributed by atoms with Crippen molar-refractivity contribution in [2.45, 2.75) is 70.2 Å². The number of nitrogens with two attached hydrogens (primary N) is 1. The molecule has 0 spiro atoms. The minimum atomic E-state index is 0.406. The van der Waals surface area contributed by atoms with E-state index in [4.69, 9.17) is 10.5 Å². The third-order valence-electron chi connectivity index (χ3n) is 4.69. The highest BCUT2D eigenvalue weighted by atomic mass is 16.5. The quantitative estimate of drug-likeness (QED) is 0.820. The SMILES string of the molecule is CC1CC(N(C)C2CCCC2CN)CC(C)O1. The van der Waals surface area contributed by atoms with E-state index in [1.54, 1.807) is 0 Å².